The van der Waals surface area contributed by atoms with Crippen molar-refractivity contribution in [1.29, 1.82) is 0 Å². The van der Waals surface area contributed by atoms with Crippen LogP contribution in [0.2, 0.25) is 0 Å². The van der Waals surface area contributed by atoms with Crippen LogP contribution in [0.3, 0.4) is 0 Å². The average Bonchev–Trinajstić information content (AvgIpc) is 3.11. The van der Waals surface area contributed by atoms with E-state index in [2.05, 4.69) is 10.2 Å². The Morgan fingerprint density at radius 3 is 2.31 bits per heavy atom. The van der Waals surface area contributed by atoms with Crippen molar-refractivity contribution in [1.82, 2.24) is 24.5 Å². The molecule has 0 bridgehead atoms. The Morgan fingerprint density at radius 2 is 1.72 bits per heavy atom. The second kappa shape index (κ2) is 7.86. The predicted molar refractivity (Wildman–Crippen MR) is 108 cm³/mol. The molecule has 0 aliphatic rings. The lowest BCUT2D eigenvalue weighted by molar-refractivity contribution is -0.386. The number of hydrogen-bond donors (Lipinski definition) is 0. The molecule has 3 rings (SSSR count). The topological polar surface area (TPSA) is 99.1 Å². The van der Waals surface area contributed by atoms with E-state index in [0.29, 0.717) is 17.9 Å². The minimum absolute atomic E-state index is 0.0451. The molecule has 152 valence electrons. The molecule has 0 aliphatic carbocycles. The van der Waals surface area contributed by atoms with Gasteiger partial charge in [-0.15, -0.1) is 0 Å². The highest BCUT2D eigenvalue weighted by atomic mass is 16.6. The van der Waals surface area contributed by atoms with Crippen LogP contribution in [0.25, 0.3) is 5.69 Å². The Labute approximate surface area is 168 Å². The Morgan fingerprint density at radius 1 is 1.07 bits per heavy atom. The number of nitro groups is 1. The van der Waals surface area contributed by atoms with Gasteiger partial charge in [0.15, 0.2) is 0 Å². The second-order valence-corrected chi connectivity index (χ2v) is 7.08. The number of nitrogens with zero attached hydrogens (tertiary/aromatic N) is 6. The zero-order valence-electron chi connectivity index (χ0n) is 17.2. The van der Waals surface area contributed by atoms with E-state index in [-0.39, 0.29) is 18.1 Å². The molecule has 2 aromatic heterocycles. The van der Waals surface area contributed by atoms with Crippen LogP contribution in [-0.4, -0.2) is 42.3 Å². The Kier molecular flexibility index (Phi) is 5.49. The summed E-state index contributed by atoms with van der Waals surface area (Å²) in [6.07, 6.45) is 0. The first kappa shape index (κ1) is 20.2. The highest BCUT2D eigenvalue weighted by Crippen LogP contribution is 2.22. The zero-order chi connectivity index (χ0) is 21.3. The van der Waals surface area contributed by atoms with E-state index < -0.39 is 4.92 Å². The van der Waals surface area contributed by atoms with Gasteiger partial charge in [0.05, 0.1) is 16.3 Å². The maximum atomic E-state index is 12.7. The minimum Gasteiger partial charge on any atom is -0.340 e. The number of para-hydroxylation sites is 1. The van der Waals surface area contributed by atoms with E-state index in [4.69, 9.17) is 0 Å². The van der Waals surface area contributed by atoms with Crippen molar-refractivity contribution in [2.24, 2.45) is 0 Å². The molecule has 0 unspecified atom stereocenters. The molecule has 9 heteroatoms. The molecule has 1 amide bonds. The average molecular weight is 396 g/mol. The van der Waals surface area contributed by atoms with Gasteiger partial charge in [-0.1, -0.05) is 18.2 Å². The highest BCUT2D eigenvalue weighted by Gasteiger charge is 2.24. The van der Waals surface area contributed by atoms with Crippen molar-refractivity contribution in [3.63, 3.8) is 0 Å². The number of hydrogen-bond acceptors (Lipinski definition) is 5. The quantitative estimate of drug-likeness (QED) is 0.471. The van der Waals surface area contributed by atoms with Crippen molar-refractivity contribution in [3.8, 4) is 5.69 Å². The number of aromatic nitrogens is 4. The number of benzene rings is 1. The number of carbonyl (C=O) groups is 1. The monoisotopic (exact) mass is 396 g/mol. The normalized spacial score (nSPS) is 10.9. The van der Waals surface area contributed by atoms with Crippen molar-refractivity contribution in [2.45, 2.75) is 40.8 Å². The summed E-state index contributed by atoms with van der Waals surface area (Å²) in [6.45, 7) is 7.41. The van der Waals surface area contributed by atoms with Gasteiger partial charge in [0.1, 0.15) is 17.9 Å². The zero-order valence-corrected chi connectivity index (χ0v) is 17.2. The van der Waals surface area contributed by atoms with Crippen LogP contribution in [0.4, 0.5) is 5.69 Å². The summed E-state index contributed by atoms with van der Waals surface area (Å²) in [5.74, 6) is -0.184. The molecule has 0 N–H and O–H groups in total. The van der Waals surface area contributed by atoms with Crippen LogP contribution in [0, 0.1) is 37.8 Å². The van der Waals surface area contributed by atoms with Gasteiger partial charge in [-0.2, -0.15) is 10.2 Å². The van der Waals surface area contributed by atoms with Crippen LogP contribution < -0.4 is 0 Å². The van der Waals surface area contributed by atoms with Gasteiger partial charge in [0.25, 0.3) is 0 Å². The largest absolute Gasteiger partial charge is 0.340 e. The van der Waals surface area contributed by atoms with Crippen LogP contribution in [-0.2, 0) is 17.9 Å². The smallest absolute Gasteiger partial charge is 0.312 e. The third-order valence-corrected chi connectivity index (χ3v) is 5.07. The van der Waals surface area contributed by atoms with Gasteiger partial charge in [0, 0.05) is 24.8 Å². The van der Waals surface area contributed by atoms with Gasteiger partial charge in [-0.05, 0) is 39.8 Å². The number of likely N-dealkylation sites (N-methyl/N-ethyl adjacent to an activating group) is 1. The summed E-state index contributed by atoms with van der Waals surface area (Å²) in [5.41, 5.74) is 4.39. The van der Waals surface area contributed by atoms with Gasteiger partial charge in [0.2, 0.25) is 5.91 Å². The van der Waals surface area contributed by atoms with E-state index in [9.17, 15) is 14.9 Å². The Bertz CT molecular complexity index is 1070. The molecular weight excluding hydrogens is 372 g/mol. The number of amides is 1. The number of carbonyl (C=O) groups excluding carboxylic acids is 1. The number of aryl methyl sites for hydroxylation is 2. The Hall–Kier alpha value is -3.49. The van der Waals surface area contributed by atoms with Gasteiger partial charge < -0.3 is 4.90 Å². The van der Waals surface area contributed by atoms with Crippen molar-refractivity contribution < 1.29 is 9.72 Å². The molecule has 1 aromatic carbocycles. The van der Waals surface area contributed by atoms with E-state index in [1.54, 1.807) is 25.8 Å². The summed E-state index contributed by atoms with van der Waals surface area (Å²) in [6, 6.07) is 9.82. The van der Waals surface area contributed by atoms with Gasteiger partial charge in [-0.25, -0.2) is 4.68 Å². The summed E-state index contributed by atoms with van der Waals surface area (Å²) in [5, 5.41) is 19.9. The first-order valence-electron chi connectivity index (χ1n) is 9.23. The molecule has 0 spiro atoms. The summed E-state index contributed by atoms with van der Waals surface area (Å²) in [7, 11) is 1.71. The third kappa shape index (κ3) is 3.89. The van der Waals surface area contributed by atoms with Gasteiger partial charge in [-0.3, -0.25) is 19.6 Å². The molecule has 2 heterocycles. The molecule has 3 aromatic rings. The van der Waals surface area contributed by atoms with E-state index in [1.165, 1.54) is 4.68 Å². The fraction of sp³-hybridized carbons (Fsp3) is 0.350. The van der Waals surface area contributed by atoms with Crippen LogP contribution in [0.1, 0.15) is 28.3 Å². The van der Waals surface area contributed by atoms with Crippen molar-refractivity contribution in [2.75, 3.05) is 7.05 Å². The van der Waals surface area contributed by atoms with Gasteiger partial charge >= 0.3 is 5.69 Å². The first-order valence-corrected chi connectivity index (χ1v) is 9.23. The SMILES string of the molecule is Cc1nn(-c2ccccc2)c(C)c1CN(C)C(=O)Cn1nc(C)c([N+](=O)[O-])c1C. The lowest BCUT2D eigenvalue weighted by atomic mass is 10.2. The molecule has 9 nitrogen and oxygen atoms in total. The van der Waals surface area contributed by atoms with E-state index >= 15 is 0 Å². The lowest BCUT2D eigenvalue weighted by Gasteiger charge is -2.18. The summed E-state index contributed by atoms with van der Waals surface area (Å²) in [4.78, 5) is 25.0. The van der Waals surface area contributed by atoms with Crippen LogP contribution in [0.5, 0.6) is 0 Å². The van der Waals surface area contributed by atoms with E-state index in [1.807, 2.05) is 48.9 Å². The van der Waals surface area contributed by atoms with Crippen LogP contribution in [0.15, 0.2) is 30.3 Å². The fourth-order valence-corrected chi connectivity index (χ4v) is 3.40. The molecule has 29 heavy (non-hydrogen) atoms. The number of rotatable bonds is 6. The molecule has 0 atom stereocenters. The van der Waals surface area contributed by atoms with Crippen molar-refractivity contribution in [3.05, 3.63) is 68.8 Å². The minimum atomic E-state index is -0.465. The maximum Gasteiger partial charge on any atom is 0.312 e. The summed E-state index contributed by atoms with van der Waals surface area (Å²) < 4.78 is 3.26. The van der Waals surface area contributed by atoms with Crippen molar-refractivity contribution >= 4 is 11.6 Å². The first-order chi connectivity index (χ1) is 13.7. The lowest BCUT2D eigenvalue weighted by Crippen LogP contribution is -2.30. The standard InChI is InChI=1S/C20H24N6O3/c1-13-18(15(3)25(22-13)17-9-7-6-8-10-17)11-23(5)19(27)12-24-16(4)20(26(28)29)14(2)21-24/h6-10H,11-12H2,1-5H3. The molecule has 0 fully saturated rings. The molecule has 0 aliphatic heterocycles. The molecule has 0 radical (unpaired) electrons. The summed E-state index contributed by atoms with van der Waals surface area (Å²) >= 11 is 0. The predicted octanol–water partition coefficient (Wildman–Crippen LogP) is 2.87. The maximum absolute atomic E-state index is 12.7. The third-order valence-electron chi connectivity index (χ3n) is 5.07. The molecule has 0 saturated carbocycles. The second-order valence-electron chi connectivity index (χ2n) is 7.08. The Balaban J connectivity index is 1.78. The van der Waals surface area contributed by atoms with E-state index in [0.717, 1.165) is 22.6 Å². The molecule has 0 saturated heterocycles. The highest BCUT2D eigenvalue weighted by molar-refractivity contribution is 5.76. The van der Waals surface area contributed by atoms with Crippen LogP contribution >= 0.6 is 0 Å². The molecular formula is C20H24N6O3. The fourth-order valence-electron chi connectivity index (χ4n) is 3.40.